The minimum absolute atomic E-state index is 0.00620. The molecule has 0 spiro atoms. The summed E-state index contributed by atoms with van der Waals surface area (Å²) < 4.78 is 18.6. The first-order valence-electron chi connectivity index (χ1n) is 8.76. The molecule has 3 nitrogen and oxygen atoms in total. The van der Waals surface area contributed by atoms with Crippen molar-refractivity contribution < 1.29 is 13.9 Å². The van der Waals surface area contributed by atoms with Gasteiger partial charge in [0.2, 0.25) is 0 Å². The van der Waals surface area contributed by atoms with E-state index in [1.807, 2.05) is 0 Å². The Morgan fingerprint density at radius 2 is 1.65 bits per heavy atom. The fraction of sp³-hybridized carbons (Fsp3) is 0.632. The molecule has 0 aromatic heterocycles. The molecule has 5 rings (SSSR count). The minimum Gasteiger partial charge on any atom is -0.481 e. The normalized spacial score (nSPS) is 35.8. The second-order valence-corrected chi connectivity index (χ2v) is 7.90. The van der Waals surface area contributed by atoms with Gasteiger partial charge >= 0.3 is 0 Å². The molecular weight excluding hydrogens is 293 g/mol. The number of ether oxygens (including phenoxy) is 1. The fourth-order valence-electron chi connectivity index (χ4n) is 5.40. The highest BCUT2D eigenvalue weighted by atomic mass is 19.1. The highest BCUT2D eigenvalue weighted by Gasteiger charge is 2.51. The van der Waals surface area contributed by atoms with Gasteiger partial charge in [-0.15, -0.1) is 0 Å². The molecule has 1 unspecified atom stereocenters. The van der Waals surface area contributed by atoms with Crippen molar-refractivity contribution in [1.82, 2.24) is 5.32 Å². The third kappa shape index (κ3) is 2.96. The van der Waals surface area contributed by atoms with Crippen LogP contribution in [-0.4, -0.2) is 17.6 Å². The van der Waals surface area contributed by atoms with Crippen molar-refractivity contribution in [2.24, 2.45) is 17.8 Å². The highest BCUT2D eigenvalue weighted by molar-refractivity contribution is 5.81. The molecule has 4 heteroatoms. The highest BCUT2D eigenvalue weighted by Crippen LogP contribution is 2.55. The maximum absolute atomic E-state index is 12.9. The average molecular weight is 317 g/mol. The monoisotopic (exact) mass is 317 g/mol. The Balaban J connectivity index is 1.40. The predicted molar refractivity (Wildman–Crippen MR) is 85.5 cm³/mol. The lowest BCUT2D eigenvalue weighted by Gasteiger charge is -2.57. The Morgan fingerprint density at radius 1 is 1.13 bits per heavy atom. The van der Waals surface area contributed by atoms with Crippen LogP contribution >= 0.6 is 0 Å². The molecule has 124 valence electrons. The van der Waals surface area contributed by atoms with E-state index >= 15 is 0 Å². The Kier molecular flexibility index (Phi) is 3.58. The maximum atomic E-state index is 12.9. The molecule has 0 heterocycles. The molecule has 0 aliphatic heterocycles. The van der Waals surface area contributed by atoms with Crippen LogP contribution in [0.5, 0.6) is 5.75 Å². The summed E-state index contributed by atoms with van der Waals surface area (Å²) in [4.78, 5) is 12.6. The van der Waals surface area contributed by atoms with Crippen molar-refractivity contribution in [3.05, 3.63) is 30.1 Å². The number of benzene rings is 1. The third-order valence-corrected chi connectivity index (χ3v) is 5.92. The first-order chi connectivity index (χ1) is 11.0. The number of nitrogens with one attached hydrogen (secondary N) is 1. The second-order valence-electron chi connectivity index (χ2n) is 7.90. The topological polar surface area (TPSA) is 38.3 Å². The molecular formula is C19H24FNO2. The average Bonchev–Trinajstić information content (AvgIpc) is 2.47. The standard InChI is InChI=1S/C19H24FNO2/c1-12(23-17-4-2-16(20)3-5-17)18(22)21-19-9-13-6-14(10-19)8-15(7-13)11-19/h2-5,12-15H,6-11H2,1H3,(H,21,22). The SMILES string of the molecule is CC(Oc1ccc(F)cc1)C(=O)NC12CC3CC(CC(C3)C1)C2. The fourth-order valence-corrected chi connectivity index (χ4v) is 5.40. The van der Waals surface area contributed by atoms with E-state index in [-0.39, 0.29) is 17.3 Å². The molecule has 4 aliphatic rings. The van der Waals surface area contributed by atoms with Gasteiger partial charge in [0, 0.05) is 5.54 Å². The summed E-state index contributed by atoms with van der Waals surface area (Å²) >= 11 is 0. The summed E-state index contributed by atoms with van der Waals surface area (Å²) in [6, 6.07) is 5.81. The second kappa shape index (κ2) is 5.50. The van der Waals surface area contributed by atoms with E-state index in [9.17, 15) is 9.18 Å². The van der Waals surface area contributed by atoms with Gasteiger partial charge < -0.3 is 10.1 Å². The quantitative estimate of drug-likeness (QED) is 0.920. The van der Waals surface area contributed by atoms with E-state index in [1.54, 1.807) is 19.1 Å². The van der Waals surface area contributed by atoms with Crippen LogP contribution in [0, 0.1) is 23.6 Å². The van der Waals surface area contributed by atoms with Crippen molar-refractivity contribution in [2.45, 2.75) is 57.1 Å². The Labute approximate surface area is 136 Å². The lowest BCUT2D eigenvalue weighted by atomic mass is 9.53. The van der Waals surface area contributed by atoms with Crippen molar-refractivity contribution >= 4 is 5.91 Å². The molecule has 1 amide bonds. The molecule has 1 atom stereocenters. The van der Waals surface area contributed by atoms with Crippen LogP contribution in [0.1, 0.15) is 45.4 Å². The van der Waals surface area contributed by atoms with Gasteiger partial charge in [0.15, 0.2) is 6.10 Å². The van der Waals surface area contributed by atoms with Crippen molar-refractivity contribution in [2.75, 3.05) is 0 Å². The van der Waals surface area contributed by atoms with Crippen molar-refractivity contribution in [3.63, 3.8) is 0 Å². The minimum atomic E-state index is -0.562. The molecule has 4 fully saturated rings. The van der Waals surface area contributed by atoms with Gasteiger partial charge in [-0.05, 0) is 87.5 Å². The number of rotatable bonds is 4. The zero-order valence-corrected chi connectivity index (χ0v) is 13.6. The molecule has 1 aromatic rings. The third-order valence-electron chi connectivity index (χ3n) is 5.92. The van der Waals surface area contributed by atoms with Gasteiger partial charge in [-0.3, -0.25) is 4.79 Å². The summed E-state index contributed by atoms with van der Waals surface area (Å²) in [6.45, 7) is 1.76. The molecule has 4 saturated carbocycles. The van der Waals surface area contributed by atoms with Gasteiger partial charge in [-0.2, -0.15) is 0 Å². The van der Waals surface area contributed by atoms with Crippen LogP contribution in [0.15, 0.2) is 24.3 Å². The van der Waals surface area contributed by atoms with Crippen molar-refractivity contribution in [3.8, 4) is 5.75 Å². The lowest BCUT2D eigenvalue weighted by molar-refractivity contribution is -0.133. The van der Waals surface area contributed by atoms with E-state index in [2.05, 4.69) is 5.32 Å². The van der Waals surface area contributed by atoms with Crippen LogP contribution in [0.2, 0.25) is 0 Å². The van der Waals surface area contributed by atoms with E-state index in [1.165, 1.54) is 31.4 Å². The number of amides is 1. The van der Waals surface area contributed by atoms with Crippen LogP contribution in [-0.2, 0) is 4.79 Å². The zero-order chi connectivity index (χ0) is 16.0. The number of carbonyl (C=O) groups excluding carboxylic acids is 1. The van der Waals surface area contributed by atoms with Crippen LogP contribution in [0.3, 0.4) is 0 Å². The van der Waals surface area contributed by atoms with Gasteiger partial charge in [-0.1, -0.05) is 0 Å². The van der Waals surface area contributed by atoms with Crippen molar-refractivity contribution in [1.29, 1.82) is 0 Å². The summed E-state index contributed by atoms with van der Waals surface area (Å²) in [5.74, 6) is 2.58. The number of carbonyl (C=O) groups is 1. The van der Waals surface area contributed by atoms with Crippen LogP contribution in [0.4, 0.5) is 4.39 Å². The maximum Gasteiger partial charge on any atom is 0.261 e. The molecule has 0 saturated heterocycles. The van der Waals surface area contributed by atoms with E-state index in [0.29, 0.717) is 5.75 Å². The van der Waals surface area contributed by atoms with Crippen LogP contribution < -0.4 is 10.1 Å². The van der Waals surface area contributed by atoms with Gasteiger partial charge in [0.1, 0.15) is 11.6 Å². The smallest absolute Gasteiger partial charge is 0.261 e. The molecule has 1 aromatic carbocycles. The molecule has 23 heavy (non-hydrogen) atoms. The molecule has 1 N–H and O–H groups in total. The summed E-state index contributed by atoms with van der Waals surface area (Å²) in [7, 11) is 0. The lowest BCUT2D eigenvalue weighted by Crippen LogP contribution is -2.61. The first kappa shape index (κ1) is 15.0. The van der Waals surface area contributed by atoms with E-state index < -0.39 is 6.10 Å². The van der Waals surface area contributed by atoms with Gasteiger partial charge in [0.05, 0.1) is 0 Å². The molecule has 0 radical (unpaired) electrons. The first-order valence-corrected chi connectivity index (χ1v) is 8.76. The van der Waals surface area contributed by atoms with E-state index in [0.717, 1.165) is 37.0 Å². The van der Waals surface area contributed by atoms with E-state index in [4.69, 9.17) is 4.74 Å². The largest absolute Gasteiger partial charge is 0.481 e. The zero-order valence-electron chi connectivity index (χ0n) is 13.6. The molecule has 4 bridgehead atoms. The van der Waals surface area contributed by atoms with Gasteiger partial charge in [0.25, 0.3) is 5.91 Å². The Hall–Kier alpha value is -1.58. The van der Waals surface area contributed by atoms with Gasteiger partial charge in [-0.25, -0.2) is 4.39 Å². The van der Waals surface area contributed by atoms with Crippen LogP contribution in [0.25, 0.3) is 0 Å². The number of hydrogen-bond acceptors (Lipinski definition) is 2. The Bertz CT molecular complexity index is 563. The summed E-state index contributed by atoms with van der Waals surface area (Å²) in [6.07, 6.45) is 6.91. The summed E-state index contributed by atoms with van der Waals surface area (Å²) in [5.41, 5.74) is 0.00620. The number of halogens is 1. The summed E-state index contributed by atoms with van der Waals surface area (Å²) in [5, 5.41) is 3.32. The molecule has 4 aliphatic carbocycles. The predicted octanol–water partition coefficient (Wildman–Crippen LogP) is 3.68. The Morgan fingerprint density at radius 3 is 2.17 bits per heavy atom. The number of hydrogen-bond donors (Lipinski definition) is 1.